The first-order chi connectivity index (χ1) is 15.5. The number of esters is 1. The minimum atomic E-state index is -0.451. The SMILES string of the molecule is CSCCOC(=O)COc1ccc(C=NNC(=O)CSCc2ccc([N+](=O)[O-])cc2)cc1. The lowest BCUT2D eigenvalue weighted by atomic mass is 10.2. The smallest absolute Gasteiger partial charge is 0.344 e. The van der Waals surface area contributed by atoms with E-state index in [1.807, 2.05) is 6.26 Å². The maximum absolute atomic E-state index is 11.9. The molecule has 2 aromatic rings. The number of nitro benzene ring substituents is 1. The molecule has 1 amide bonds. The standard InChI is InChI=1S/C21H23N3O6S2/c1-31-11-10-29-21(26)13-30-19-8-4-16(5-9-19)12-22-23-20(25)15-32-14-17-2-6-18(7-3-17)24(27)28/h2-9,12H,10-11,13-15H2,1H3,(H,23,25). The van der Waals surface area contributed by atoms with Crippen LogP contribution in [0.1, 0.15) is 11.1 Å². The Balaban J connectivity index is 1.65. The van der Waals surface area contributed by atoms with E-state index in [0.717, 1.165) is 16.9 Å². The molecule has 0 fully saturated rings. The summed E-state index contributed by atoms with van der Waals surface area (Å²) < 4.78 is 10.4. The van der Waals surface area contributed by atoms with Crippen molar-refractivity contribution >= 4 is 47.3 Å². The molecular formula is C21H23N3O6S2. The molecule has 0 aromatic heterocycles. The second-order valence-corrected chi connectivity index (χ2v) is 8.25. The second-order valence-electron chi connectivity index (χ2n) is 6.28. The summed E-state index contributed by atoms with van der Waals surface area (Å²) in [5.41, 5.74) is 4.13. The van der Waals surface area contributed by atoms with E-state index >= 15 is 0 Å². The van der Waals surface area contributed by atoms with Crippen molar-refractivity contribution in [3.63, 3.8) is 0 Å². The molecule has 9 nitrogen and oxygen atoms in total. The van der Waals surface area contributed by atoms with Crippen LogP contribution >= 0.6 is 23.5 Å². The summed E-state index contributed by atoms with van der Waals surface area (Å²) in [4.78, 5) is 33.6. The van der Waals surface area contributed by atoms with E-state index in [1.165, 1.54) is 30.1 Å². The van der Waals surface area contributed by atoms with E-state index in [4.69, 9.17) is 9.47 Å². The van der Waals surface area contributed by atoms with Crippen molar-refractivity contribution in [1.82, 2.24) is 5.43 Å². The highest BCUT2D eigenvalue weighted by Gasteiger charge is 2.06. The molecule has 2 aromatic carbocycles. The van der Waals surface area contributed by atoms with E-state index in [9.17, 15) is 19.7 Å². The van der Waals surface area contributed by atoms with Crippen LogP contribution in [-0.4, -0.2) is 54.0 Å². The number of ether oxygens (including phenoxy) is 2. The van der Waals surface area contributed by atoms with Gasteiger partial charge in [-0.25, -0.2) is 10.2 Å². The minimum absolute atomic E-state index is 0.0367. The Hall–Kier alpha value is -3.05. The summed E-state index contributed by atoms with van der Waals surface area (Å²) in [6.07, 6.45) is 3.43. The molecule has 32 heavy (non-hydrogen) atoms. The molecule has 0 saturated heterocycles. The van der Waals surface area contributed by atoms with Crippen molar-refractivity contribution < 1.29 is 24.0 Å². The third-order valence-corrected chi connectivity index (χ3v) is 5.42. The summed E-state index contributed by atoms with van der Waals surface area (Å²) >= 11 is 2.97. The number of hydrogen-bond acceptors (Lipinski definition) is 9. The van der Waals surface area contributed by atoms with Crippen molar-refractivity contribution in [3.8, 4) is 5.75 Å². The third kappa shape index (κ3) is 9.84. The van der Waals surface area contributed by atoms with Crippen LogP contribution in [0.4, 0.5) is 5.69 Å². The zero-order valence-corrected chi connectivity index (χ0v) is 19.0. The monoisotopic (exact) mass is 477 g/mol. The van der Waals surface area contributed by atoms with Gasteiger partial charge in [0.2, 0.25) is 5.91 Å². The molecule has 1 N–H and O–H groups in total. The maximum atomic E-state index is 11.9. The van der Waals surface area contributed by atoms with Gasteiger partial charge in [0.1, 0.15) is 12.4 Å². The van der Waals surface area contributed by atoms with Gasteiger partial charge < -0.3 is 9.47 Å². The first-order valence-corrected chi connectivity index (χ1v) is 12.0. The summed E-state index contributed by atoms with van der Waals surface area (Å²) in [5, 5.41) is 14.6. The van der Waals surface area contributed by atoms with Crippen LogP contribution in [-0.2, 0) is 20.1 Å². The summed E-state index contributed by atoms with van der Waals surface area (Å²) in [5.74, 6) is 1.35. The molecule has 0 saturated carbocycles. The number of hydrazone groups is 1. The summed E-state index contributed by atoms with van der Waals surface area (Å²) in [6, 6.07) is 13.1. The number of rotatable bonds is 13. The number of hydrogen-bond donors (Lipinski definition) is 1. The normalized spacial score (nSPS) is 10.7. The lowest BCUT2D eigenvalue weighted by molar-refractivity contribution is -0.384. The first-order valence-electron chi connectivity index (χ1n) is 9.48. The molecule has 0 aliphatic heterocycles. The topological polar surface area (TPSA) is 120 Å². The van der Waals surface area contributed by atoms with Gasteiger partial charge in [0, 0.05) is 23.6 Å². The average Bonchev–Trinajstić information content (AvgIpc) is 2.79. The van der Waals surface area contributed by atoms with Crippen molar-refractivity contribution in [2.45, 2.75) is 5.75 Å². The predicted molar refractivity (Wildman–Crippen MR) is 126 cm³/mol. The second kappa shape index (κ2) is 14.1. The van der Waals surface area contributed by atoms with Gasteiger partial charge in [-0.1, -0.05) is 12.1 Å². The van der Waals surface area contributed by atoms with Crippen molar-refractivity contribution in [1.29, 1.82) is 0 Å². The number of non-ortho nitro benzene ring substituents is 1. The average molecular weight is 478 g/mol. The van der Waals surface area contributed by atoms with Gasteiger partial charge in [0.15, 0.2) is 6.61 Å². The van der Waals surface area contributed by atoms with E-state index in [1.54, 1.807) is 48.2 Å². The first kappa shape index (κ1) is 25.2. The molecule has 11 heteroatoms. The molecule has 0 bridgehead atoms. The van der Waals surface area contributed by atoms with Gasteiger partial charge in [0.05, 0.1) is 16.9 Å². The van der Waals surface area contributed by atoms with E-state index in [-0.39, 0.29) is 24.0 Å². The molecular weight excluding hydrogens is 454 g/mol. The van der Waals surface area contributed by atoms with Crippen LogP contribution in [0.15, 0.2) is 53.6 Å². The lowest BCUT2D eigenvalue weighted by Crippen LogP contribution is -2.19. The predicted octanol–water partition coefficient (Wildman–Crippen LogP) is 3.26. The fraction of sp³-hybridized carbons (Fsp3) is 0.286. The Kier molecular flexibility index (Phi) is 11.1. The minimum Gasteiger partial charge on any atom is -0.482 e. The van der Waals surface area contributed by atoms with Gasteiger partial charge in [-0.2, -0.15) is 16.9 Å². The summed E-state index contributed by atoms with van der Waals surface area (Å²) in [6.45, 7) is 0.204. The lowest BCUT2D eigenvalue weighted by Gasteiger charge is -2.06. The van der Waals surface area contributed by atoms with Crippen LogP contribution < -0.4 is 10.2 Å². The van der Waals surface area contributed by atoms with Gasteiger partial charge in [-0.05, 0) is 41.6 Å². The van der Waals surface area contributed by atoms with E-state index in [2.05, 4.69) is 10.5 Å². The molecule has 170 valence electrons. The maximum Gasteiger partial charge on any atom is 0.344 e. The van der Waals surface area contributed by atoms with Crippen LogP contribution in [0.25, 0.3) is 0 Å². The van der Waals surface area contributed by atoms with Crippen molar-refractivity contribution in [2.75, 3.05) is 31.0 Å². The molecule has 0 radical (unpaired) electrons. The highest BCUT2D eigenvalue weighted by Crippen LogP contribution is 2.16. The number of carbonyl (C=O) groups excluding carboxylic acids is 2. The Labute approximate surface area is 194 Å². The largest absolute Gasteiger partial charge is 0.482 e. The van der Waals surface area contributed by atoms with Gasteiger partial charge >= 0.3 is 5.97 Å². The quantitative estimate of drug-likeness (QED) is 0.153. The van der Waals surface area contributed by atoms with Crippen LogP contribution in [0.2, 0.25) is 0 Å². The van der Waals surface area contributed by atoms with Crippen molar-refractivity contribution in [3.05, 3.63) is 69.8 Å². The number of nitro groups is 1. The Bertz CT molecular complexity index is 920. The van der Waals surface area contributed by atoms with E-state index < -0.39 is 10.9 Å². The molecule has 0 heterocycles. The highest BCUT2D eigenvalue weighted by molar-refractivity contribution is 7.99. The molecule has 0 unspecified atom stereocenters. The molecule has 0 spiro atoms. The fourth-order valence-corrected chi connectivity index (χ4v) is 3.29. The Morgan fingerprint density at radius 2 is 1.88 bits per heavy atom. The zero-order chi connectivity index (χ0) is 23.2. The number of thioether (sulfide) groups is 2. The third-order valence-electron chi connectivity index (χ3n) is 3.84. The summed E-state index contributed by atoms with van der Waals surface area (Å²) in [7, 11) is 0. The molecule has 0 aliphatic carbocycles. The number of benzene rings is 2. The molecule has 0 atom stereocenters. The van der Waals surface area contributed by atoms with Gasteiger partial charge in [-0.15, -0.1) is 11.8 Å². The zero-order valence-electron chi connectivity index (χ0n) is 17.4. The van der Waals surface area contributed by atoms with Gasteiger partial charge in [0.25, 0.3) is 5.69 Å². The number of amides is 1. The number of nitrogens with zero attached hydrogens (tertiary/aromatic N) is 2. The van der Waals surface area contributed by atoms with Crippen LogP contribution in [0.5, 0.6) is 5.75 Å². The van der Waals surface area contributed by atoms with Crippen molar-refractivity contribution in [2.24, 2.45) is 5.10 Å². The number of nitrogens with one attached hydrogen (secondary N) is 1. The highest BCUT2D eigenvalue weighted by atomic mass is 32.2. The number of carbonyl (C=O) groups is 2. The Morgan fingerprint density at radius 3 is 2.53 bits per heavy atom. The van der Waals surface area contributed by atoms with Crippen LogP contribution in [0, 0.1) is 10.1 Å². The van der Waals surface area contributed by atoms with Crippen LogP contribution in [0.3, 0.4) is 0 Å². The molecule has 2 rings (SSSR count). The molecule has 0 aliphatic rings. The van der Waals surface area contributed by atoms with Gasteiger partial charge in [-0.3, -0.25) is 14.9 Å². The fourth-order valence-electron chi connectivity index (χ4n) is 2.26. The van der Waals surface area contributed by atoms with E-state index in [0.29, 0.717) is 18.1 Å². The Morgan fingerprint density at radius 1 is 1.16 bits per heavy atom.